The van der Waals surface area contributed by atoms with Crippen LogP contribution in [0.25, 0.3) is 10.8 Å². The van der Waals surface area contributed by atoms with Crippen molar-refractivity contribution in [3.05, 3.63) is 58.7 Å². The van der Waals surface area contributed by atoms with E-state index < -0.39 is 0 Å². The number of aromatic hydroxyl groups is 2. The summed E-state index contributed by atoms with van der Waals surface area (Å²) in [5.74, 6) is 0.549. The van der Waals surface area contributed by atoms with Gasteiger partial charge in [0.25, 0.3) is 0 Å². The average Bonchev–Trinajstić information content (AvgIpc) is 2.52. The molecule has 2 heteroatoms. The fraction of sp³-hybridized carbons (Fsp3) is 0.333. The minimum Gasteiger partial charge on any atom is -0.507 e. The minimum absolute atomic E-state index is 0.268. The summed E-state index contributed by atoms with van der Waals surface area (Å²) in [7, 11) is 0. The van der Waals surface area contributed by atoms with Crippen molar-refractivity contribution < 1.29 is 10.2 Å². The van der Waals surface area contributed by atoms with E-state index in [0.717, 1.165) is 24.0 Å². The monoisotopic (exact) mass is 310 g/mol. The number of allylic oxidation sites excluding steroid dienone is 4. The molecule has 0 fully saturated rings. The Bertz CT molecular complexity index is 763. The van der Waals surface area contributed by atoms with E-state index in [1.165, 1.54) is 11.1 Å². The lowest BCUT2D eigenvalue weighted by Gasteiger charge is -2.13. The van der Waals surface area contributed by atoms with Crippen LogP contribution in [-0.4, -0.2) is 10.2 Å². The number of phenolic OH excluding ortho intramolecular Hbond substituents is 2. The van der Waals surface area contributed by atoms with Gasteiger partial charge in [-0.25, -0.2) is 0 Å². The Labute approximate surface area is 138 Å². The van der Waals surface area contributed by atoms with Crippen LogP contribution in [0, 0.1) is 6.92 Å². The third-order valence-electron chi connectivity index (χ3n) is 4.28. The first-order valence-corrected chi connectivity index (χ1v) is 8.13. The molecule has 0 unspecified atom stereocenters. The summed E-state index contributed by atoms with van der Waals surface area (Å²) in [5.41, 5.74) is 4.21. The number of hydrogen-bond donors (Lipinski definition) is 2. The van der Waals surface area contributed by atoms with Crippen LogP contribution in [0.1, 0.15) is 44.7 Å². The van der Waals surface area contributed by atoms with Crippen molar-refractivity contribution in [2.75, 3.05) is 0 Å². The summed E-state index contributed by atoms with van der Waals surface area (Å²) in [6, 6.07) is 7.43. The minimum atomic E-state index is 0.268. The van der Waals surface area contributed by atoms with Gasteiger partial charge in [-0.05, 0) is 52.5 Å². The van der Waals surface area contributed by atoms with Crippen LogP contribution in [0.4, 0.5) is 0 Å². The fourth-order valence-corrected chi connectivity index (χ4v) is 2.80. The Kier molecular flexibility index (Phi) is 5.49. The number of phenols is 2. The molecule has 0 bridgehead atoms. The Morgan fingerprint density at radius 2 is 1.57 bits per heavy atom. The topological polar surface area (TPSA) is 40.5 Å². The molecule has 0 atom stereocenters. The molecule has 0 aliphatic rings. The number of fused-ring (bicyclic) bond motifs is 1. The van der Waals surface area contributed by atoms with Crippen LogP contribution >= 0.6 is 0 Å². The molecule has 0 amide bonds. The summed E-state index contributed by atoms with van der Waals surface area (Å²) < 4.78 is 0. The zero-order chi connectivity index (χ0) is 17.0. The third-order valence-corrected chi connectivity index (χ3v) is 4.28. The summed E-state index contributed by atoms with van der Waals surface area (Å²) in [6.45, 7) is 8.20. The Morgan fingerprint density at radius 1 is 0.957 bits per heavy atom. The molecule has 2 rings (SSSR count). The SMILES string of the molecule is CC(C)=CCC/C(C)=C/Cc1c(C)c(O)c2ccccc2c1O. The Morgan fingerprint density at radius 3 is 2.17 bits per heavy atom. The normalized spacial score (nSPS) is 11.7. The van der Waals surface area contributed by atoms with Crippen LogP contribution in [0.15, 0.2) is 47.6 Å². The first-order valence-electron chi connectivity index (χ1n) is 8.13. The van der Waals surface area contributed by atoms with E-state index in [0.29, 0.717) is 17.2 Å². The first kappa shape index (κ1) is 17.1. The van der Waals surface area contributed by atoms with E-state index >= 15 is 0 Å². The maximum absolute atomic E-state index is 10.6. The smallest absolute Gasteiger partial charge is 0.127 e. The van der Waals surface area contributed by atoms with Gasteiger partial charge >= 0.3 is 0 Å². The van der Waals surface area contributed by atoms with Gasteiger partial charge in [0.2, 0.25) is 0 Å². The number of rotatable bonds is 5. The summed E-state index contributed by atoms with van der Waals surface area (Å²) in [4.78, 5) is 0. The van der Waals surface area contributed by atoms with Crippen molar-refractivity contribution in [1.29, 1.82) is 0 Å². The predicted molar refractivity (Wildman–Crippen MR) is 98.1 cm³/mol. The average molecular weight is 310 g/mol. The van der Waals surface area contributed by atoms with Crippen LogP contribution in [0.5, 0.6) is 11.5 Å². The molecule has 0 saturated heterocycles. The maximum atomic E-state index is 10.6. The molecule has 0 saturated carbocycles. The van der Waals surface area contributed by atoms with Crippen molar-refractivity contribution in [3.8, 4) is 11.5 Å². The lowest BCUT2D eigenvalue weighted by Crippen LogP contribution is -1.92. The lowest BCUT2D eigenvalue weighted by atomic mass is 9.95. The van der Waals surface area contributed by atoms with Gasteiger partial charge in [-0.15, -0.1) is 0 Å². The summed E-state index contributed by atoms with van der Waals surface area (Å²) in [6.07, 6.45) is 7.08. The predicted octanol–water partition coefficient (Wildman–Crippen LogP) is 5.79. The van der Waals surface area contributed by atoms with Crippen molar-refractivity contribution in [1.82, 2.24) is 0 Å². The Balaban J connectivity index is 2.28. The molecule has 2 nitrogen and oxygen atoms in total. The highest BCUT2D eigenvalue weighted by Gasteiger charge is 2.14. The van der Waals surface area contributed by atoms with Crippen molar-refractivity contribution in [2.24, 2.45) is 0 Å². The van der Waals surface area contributed by atoms with Crippen LogP contribution in [-0.2, 0) is 6.42 Å². The Hall–Kier alpha value is -2.22. The highest BCUT2D eigenvalue weighted by Crippen LogP contribution is 2.39. The molecular formula is C21H26O2. The van der Waals surface area contributed by atoms with Gasteiger partial charge in [0.15, 0.2) is 0 Å². The molecule has 0 aliphatic carbocycles. The number of benzene rings is 2. The molecule has 0 radical (unpaired) electrons. The van der Waals surface area contributed by atoms with Crippen molar-refractivity contribution >= 4 is 10.8 Å². The summed E-state index contributed by atoms with van der Waals surface area (Å²) in [5, 5.41) is 22.4. The van der Waals surface area contributed by atoms with Gasteiger partial charge in [0.1, 0.15) is 11.5 Å². The lowest BCUT2D eigenvalue weighted by molar-refractivity contribution is 0.461. The molecule has 2 N–H and O–H groups in total. The first-order chi connectivity index (χ1) is 10.9. The van der Waals surface area contributed by atoms with Gasteiger partial charge in [0, 0.05) is 16.3 Å². The second-order valence-corrected chi connectivity index (χ2v) is 6.42. The van der Waals surface area contributed by atoms with E-state index in [4.69, 9.17) is 0 Å². The maximum Gasteiger partial charge on any atom is 0.127 e. The van der Waals surface area contributed by atoms with Crippen LogP contribution < -0.4 is 0 Å². The second-order valence-electron chi connectivity index (χ2n) is 6.42. The van der Waals surface area contributed by atoms with Gasteiger partial charge in [0.05, 0.1) is 0 Å². The molecule has 23 heavy (non-hydrogen) atoms. The van der Waals surface area contributed by atoms with Gasteiger partial charge in [-0.1, -0.05) is 47.6 Å². The molecular weight excluding hydrogens is 284 g/mol. The van der Waals surface area contributed by atoms with E-state index in [2.05, 4.69) is 32.9 Å². The van der Waals surface area contributed by atoms with E-state index in [1.54, 1.807) is 0 Å². The largest absolute Gasteiger partial charge is 0.507 e. The van der Waals surface area contributed by atoms with E-state index in [-0.39, 0.29) is 11.5 Å². The van der Waals surface area contributed by atoms with Crippen LogP contribution in [0.3, 0.4) is 0 Å². The molecule has 0 aliphatic heterocycles. The molecule has 0 heterocycles. The van der Waals surface area contributed by atoms with Crippen molar-refractivity contribution in [2.45, 2.75) is 47.0 Å². The molecule has 2 aromatic carbocycles. The zero-order valence-electron chi connectivity index (χ0n) is 14.5. The fourth-order valence-electron chi connectivity index (χ4n) is 2.80. The van der Waals surface area contributed by atoms with Gasteiger partial charge in [-0.3, -0.25) is 0 Å². The van der Waals surface area contributed by atoms with Gasteiger partial charge < -0.3 is 10.2 Å². The van der Waals surface area contributed by atoms with Gasteiger partial charge in [-0.2, -0.15) is 0 Å². The number of hydrogen-bond acceptors (Lipinski definition) is 2. The second kappa shape index (κ2) is 7.36. The standard InChI is InChI=1S/C21H26O2/c1-14(2)8-7-9-15(3)12-13-17-16(4)20(22)18-10-5-6-11-19(18)21(17)23/h5-6,8,10-12,22-23H,7,9,13H2,1-4H3/b15-12+. The van der Waals surface area contributed by atoms with Crippen LogP contribution in [0.2, 0.25) is 0 Å². The van der Waals surface area contributed by atoms with E-state index in [1.807, 2.05) is 31.2 Å². The third kappa shape index (κ3) is 3.95. The highest BCUT2D eigenvalue weighted by atomic mass is 16.3. The van der Waals surface area contributed by atoms with Crippen molar-refractivity contribution in [3.63, 3.8) is 0 Å². The zero-order valence-corrected chi connectivity index (χ0v) is 14.5. The molecule has 0 spiro atoms. The molecule has 0 aromatic heterocycles. The summed E-state index contributed by atoms with van der Waals surface area (Å²) >= 11 is 0. The highest BCUT2D eigenvalue weighted by molar-refractivity contribution is 5.95. The van der Waals surface area contributed by atoms with E-state index in [9.17, 15) is 10.2 Å². The molecule has 122 valence electrons. The molecule has 2 aromatic rings. The quantitative estimate of drug-likeness (QED) is 0.541.